The number of aliphatic hydroxyl groups excluding tert-OH is 1. The van der Waals surface area contributed by atoms with Crippen LogP contribution in [0.3, 0.4) is 0 Å². The molecule has 1 aromatic carbocycles. The minimum Gasteiger partial charge on any atom is -0.445 e. The van der Waals surface area contributed by atoms with Crippen molar-refractivity contribution in [2.45, 2.75) is 25.2 Å². The molecule has 0 saturated carbocycles. The summed E-state index contributed by atoms with van der Waals surface area (Å²) < 4.78 is 5.10. The van der Waals surface area contributed by atoms with E-state index < -0.39 is 24.1 Å². The second-order valence-electron chi connectivity index (χ2n) is 4.94. The number of alkyl carbamates (subject to hydrolysis) is 1. The third-order valence-electron chi connectivity index (χ3n) is 3.19. The zero-order chi connectivity index (χ0) is 16.7. The Kier molecular flexibility index (Phi) is 6.13. The number of primary amides is 1. The third-order valence-corrected chi connectivity index (χ3v) is 4.09. The van der Waals surface area contributed by atoms with E-state index in [1.807, 2.05) is 47.8 Å². The van der Waals surface area contributed by atoms with Crippen molar-refractivity contribution >= 4 is 23.3 Å². The van der Waals surface area contributed by atoms with E-state index in [0.29, 0.717) is 6.42 Å². The maximum absolute atomic E-state index is 11.9. The Morgan fingerprint density at radius 1 is 1.22 bits per heavy atom. The van der Waals surface area contributed by atoms with Crippen LogP contribution in [0.25, 0.3) is 0 Å². The molecule has 2 unspecified atom stereocenters. The Balaban J connectivity index is 1.93. The first-order valence-electron chi connectivity index (χ1n) is 7.03. The fourth-order valence-electron chi connectivity index (χ4n) is 2.00. The SMILES string of the molecule is NC(=O)C(O)C(Cc1cccs1)NC(=O)OCc1ccccc1. The number of benzene rings is 1. The number of ether oxygens (including phenoxy) is 1. The van der Waals surface area contributed by atoms with Gasteiger partial charge in [0.2, 0.25) is 5.91 Å². The first kappa shape index (κ1) is 17.0. The number of amides is 2. The van der Waals surface area contributed by atoms with Gasteiger partial charge in [-0.25, -0.2) is 4.79 Å². The summed E-state index contributed by atoms with van der Waals surface area (Å²) in [7, 11) is 0. The number of nitrogens with one attached hydrogen (secondary N) is 1. The van der Waals surface area contributed by atoms with Crippen molar-refractivity contribution in [3.05, 3.63) is 58.3 Å². The van der Waals surface area contributed by atoms with Crippen molar-refractivity contribution < 1.29 is 19.4 Å². The fraction of sp³-hybridized carbons (Fsp3) is 0.250. The van der Waals surface area contributed by atoms with Crippen molar-refractivity contribution in [2.75, 3.05) is 0 Å². The highest BCUT2D eigenvalue weighted by atomic mass is 32.1. The fourth-order valence-corrected chi connectivity index (χ4v) is 2.77. The predicted molar refractivity (Wildman–Crippen MR) is 86.8 cm³/mol. The van der Waals surface area contributed by atoms with Crippen molar-refractivity contribution in [2.24, 2.45) is 5.73 Å². The predicted octanol–water partition coefficient (Wildman–Crippen LogP) is 1.43. The number of hydrogen-bond acceptors (Lipinski definition) is 5. The molecular weight excluding hydrogens is 316 g/mol. The van der Waals surface area contributed by atoms with Crippen LogP contribution >= 0.6 is 11.3 Å². The first-order chi connectivity index (χ1) is 11.1. The molecular formula is C16H18N2O4S. The molecule has 122 valence electrons. The van der Waals surface area contributed by atoms with Gasteiger partial charge in [0, 0.05) is 11.3 Å². The molecule has 0 radical (unpaired) electrons. The van der Waals surface area contributed by atoms with Crippen LogP contribution in [-0.4, -0.2) is 29.3 Å². The Morgan fingerprint density at radius 3 is 2.57 bits per heavy atom. The summed E-state index contributed by atoms with van der Waals surface area (Å²) in [5, 5.41) is 14.3. The highest BCUT2D eigenvalue weighted by Crippen LogP contribution is 2.13. The average molecular weight is 334 g/mol. The number of rotatable bonds is 7. The van der Waals surface area contributed by atoms with Crippen LogP contribution in [0.15, 0.2) is 47.8 Å². The number of thiophene rings is 1. The lowest BCUT2D eigenvalue weighted by Gasteiger charge is -2.21. The van der Waals surface area contributed by atoms with Crippen LogP contribution < -0.4 is 11.1 Å². The molecule has 2 amide bonds. The summed E-state index contributed by atoms with van der Waals surface area (Å²) >= 11 is 1.46. The van der Waals surface area contributed by atoms with E-state index in [9.17, 15) is 14.7 Å². The van der Waals surface area contributed by atoms with E-state index in [1.165, 1.54) is 11.3 Å². The number of nitrogens with two attached hydrogens (primary N) is 1. The van der Waals surface area contributed by atoms with E-state index in [4.69, 9.17) is 10.5 Å². The minimum absolute atomic E-state index is 0.102. The summed E-state index contributed by atoms with van der Waals surface area (Å²) in [6, 6.07) is 12.1. The smallest absolute Gasteiger partial charge is 0.407 e. The average Bonchev–Trinajstić information content (AvgIpc) is 3.05. The summed E-state index contributed by atoms with van der Waals surface area (Å²) in [5.41, 5.74) is 5.97. The van der Waals surface area contributed by atoms with Crippen LogP contribution in [-0.2, 0) is 22.6 Å². The Bertz CT molecular complexity index is 631. The van der Waals surface area contributed by atoms with Crippen molar-refractivity contribution in [1.29, 1.82) is 0 Å². The molecule has 1 aromatic heterocycles. The largest absolute Gasteiger partial charge is 0.445 e. The van der Waals surface area contributed by atoms with Gasteiger partial charge in [-0.2, -0.15) is 0 Å². The van der Waals surface area contributed by atoms with E-state index >= 15 is 0 Å². The van der Waals surface area contributed by atoms with Gasteiger partial charge in [-0.3, -0.25) is 4.79 Å². The van der Waals surface area contributed by atoms with Crippen LogP contribution in [0.5, 0.6) is 0 Å². The summed E-state index contributed by atoms with van der Waals surface area (Å²) in [5.74, 6) is -0.894. The molecule has 4 N–H and O–H groups in total. The van der Waals surface area contributed by atoms with Gasteiger partial charge in [0.25, 0.3) is 0 Å². The van der Waals surface area contributed by atoms with E-state index in [0.717, 1.165) is 10.4 Å². The quantitative estimate of drug-likeness (QED) is 0.713. The van der Waals surface area contributed by atoms with Gasteiger partial charge in [-0.15, -0.1) is 11.3 Å². The topological polar surface area (TPSA) is 102 Å². The van der Waals surface area contributed by atoms with Crippen LogP contribution in [0.2, 0.25) is 0 Å². The molecule has 7 heteroatoms. The van der Waals surface area contributed by atoms with Crippen molar-refractivity contribution in [3.8, 4) is 0 Å². The molecule has 0 aliphatic heterocycles. The number of aliphatic hydroxyl groups is 1. The summed E-state index contributed by atoms with van der Waals surface area (Å²) in [4.78, 5) is 24.0. The Morgan fingerprint density at radius 2 is 1.96 bits per heavy atom. The molecule has 2 aromatic rings. The van der Waals surface area contributed by atoms with E-state index in [2.05, 4.69) is 5.32 Å². The molecule has 0 aliphatic rings. The maximum atomic E-state index is 11.9. The molecule has 0 saturated heterocycles. The lowest BCUT2D eigenvalue weighted by Crippen LogP contribution is -2.50. The van der Waals surface area contributed by atoms with Crippen molar-refractivity contribution in [1.82, 2.24) is 5.32 Å². The highest BCUT2D eigenvalue weighted by molar-refractivity contribution is 7.09. The zero-order valence-electron chi connectivity index (χ0n) is 12.3. The molecule has 0 spiro atoms. The highest BCUT2D eigenvalue weighted by Gasteiger charge is 2.27. The summed E-state index contributed by atoms with van der Waals surface area (Å²) in [6.45, 7) is 0.102. The number of carbonyl (C=O) groups is 2. The number of hydrogen-bond donors (Lipinski definition) is 3. The van der Waals surface area contributed by atoms with Gasteiger partial charge in [0.15, 0.2) is 6.10 Å². The molecule has 0 bridgehead atoms. The van der Waals surface area contributed by atoms with Gasteiger partial charge in [-0.05, 0) is 17.0 Å². The molecule has 2 rings (SSSR count). The Labute approximate surface area is 137 Å². The van der Waals surface area contributed by atoms with Gasteiger partial charge >= 0.3 is 6.09 Å². The second-order valence-corrected chi connectivity index (χ2v) is 5.98. The normalized spacial score (nSPS) is 13.1. The van der Waals surface area contributed by atoms with Gasteiger partial charge in [-0.1, -0.05) is 36.4 Å². The molecule has 0 aliphatic carbocycles. The van der Waals surface area contributed by atoms with Crippen LogP contribution in [0, 0.1) is 0 Å². The molecule has 6 nitrogen and oxygen atoms in total. The third kappa shape index (κ3) is 5.39. The maximum Gasteiger partial charge on any atom is 0.407 e. The Hall–Kier alpha value is -2.38. The monoisotopic (exact) mass is 334 g/mol. The summed E-state index contributed by atoms with van der Waals surface area (Å²) in [6.07, 6.45) is -1.90. The lowest BCUT2D eigenvalue weighted by atomic mass is 10.1. The number of carbonyl (C=O) groups excluding carboxylic acids is 2. The van der Waals surface area contributed by atoms with Crippen LogP contribution in [0.4, 0.5) is 4.79 Å². The van der Waals surface area contributed by atoms with E-state index in [-0.39, 0.29) is 6.61 Å². The van der Waals surface area contributed by atoms with Gasteiger partial charge in [0.05, 0.1) is 6.04 Å². The lowest BCUT2D eigenvalue weighted by molar-refractivity contribution is -0.127. The standard InChI is InChI=1S/C16H18N2O4S/c17-15(20)14(19)13(9-12-7-4-8-23-12)18-16(21)22-10-11-5-2-1-3-6-11/h1-8,13-14,19H,9-10H2,(H2,17,20)(H,18,21). The first-order valence-corrected chi connectivity index (χ1v) is 7.91. The van der Waals surface area contributed by atoms with Gasteiger partial charge < -0.3 is 20.9 Å². The molecule has 1 heterocycles. The minimum atomic E-state index is -1.48. The van der Waals surface area contributed by atoms with Crippen molar-refractivity contribution in [3.63, 3.8) is 0 Å². The van der Waals surface area contributed by atoms with Gasteiger partial charge in [0.1, 0.15) is 6.61 Å². The molecule has 0 fully saturated rings. The zero-order valence-corrected chi connectivity index (χ0v) is 13.2. The molecule has 23 heavy (non-hydrogen) atoms. The second kappa shape index (κ2) is 8.30. The van der Waals surface area contributed by atoms with Crippen LogP contribution in [0.1, 0.15) is 10.4 Å². The van der Waals surface area contributed by atoms with E-state index in [1.54, 1.807) is 0 Å². The molecule has 2 atom stereocenters.